The van der Waals surface area contributed by atoms with Gasteiger partial charge in [-0.25, -0.2) is 0 Å². The third-order valence-corrected chi connectivity index (χ3v) is 11.7. The van der Waals surface area contributed by atoms with Gasteiger partial charge >= 0.3 is 0 Å². The summed E-state index contributed by atoms with van der Waals surface area (Å²) in [5.74, 6) is 2.67. The summed E-state index contributed by atoms with van der Waals surface area (Å²) in [6, 6.07) is 1.55. The van der Waals surface area contributed by atoms with E-state index in [2.05, 4.69) is 72.3 Å². The maximum atomic E-state index is 6.37. The van der Waals surface area contributed by atoms with Crippen molar-refractivity contribution in [3.63, 3.8) is 0 Å². The fourth-order valence-electron chi connectivity index (χ4n) is 7.26. The number of aliphatic imine (C=N–C) groups is 2. The van der Waals surface area contributed by atoms with Gasteiger partial charge in [-0.3, -0.25) is 9.98 Å². The molecule has 1 heterocycles. The van der Waals surface area contributed by atoms with Gasteiger partial charge in [-0.05, 0) is 108 Å². The molecule has 1 N–H and O–H groups in total. The van der Waals surface area contributed by atoms with Crippen molar-refractivity contribution in [3.8, 4) is 0 Å². The highest BCUT2D eigenvalue weighted by Crippen LogP contribution is 2.34. The van der Waals surface area contributed by atoms with Gasteiger partial charge in [0.25, 0.3) is 0 Å². The summed E-state index contributed by atoms with van der Waals surface area (Å²) < 4.78 is 12.7. The Morgan fingerprint density at radius 3 is 1.23 bits per heavy atom. The van der Waals surface area contributed by atoms with Crippen LogP contribution < -0.4 is 5.32 Å². The molecular weight excluding hydrogens is 527 g/mol. The standard InChI is InChI=1S/C33H65N3O2Si2/c1-24-14-11-15-25(2)32(24)35-30(20-22-37-39(5,6)7)28-18-13-19-29(34-28)31(21-23-38-40(8,9)10)36-33-26(3)16-12-17-27(33)4/h24-29,32-34H,11-23H2,1-10H3. The van der Waals surface area contributed by atoms with Crippen LogP contribution in [0.5, 0.6) is 0 Å². The average molecular weight is 592 g/mol. The van der Waals surface area contributed by atoms with Crippen LogP contribution in [-0.2, 0) is 8.85 Å². The molecule has 0 aromatic rings. The third-order valence-electron chi connectivity index (χ3n) is 9.58. The van der Waals surface area contributed by atoms with Crippen LogP contribution in [0.1, 0.15) is 98.3 Å². The Labute approximate surface area is 250 Å². The summed E-state index contributed by atoms with van der Waals surface area (Å²) in [4.78, 5) is 11.2. The van der Waals surface area contributed by atoms with E-state index in [1.165, 1.54) is 69.2 Å². The van der Waals surface area contributed by atoms with Gasteiger partial charge in [0, 0.05) is 49.6 Å². The van der Waals surface area contributed by atoms with Crippen molar-refractivity contribution < 1.29 is 8.85 Å². The van der Waals surface area contributed by atoms with Crippen LogP contribution in [0.4, 0.5) is 0 Å². The zero-order chi connectivity index (χ0) is 29.5. The van der Waals surface area contributed by atoms with Gasteiger partial charge in [0.1, 0.15) is 0 Å². The molecule has 6 unspecified atom stereocenters. The Morgan fingerprint density at radius 2 is 0.900 bits per heavy atom. The van der Waals surface area contributed by atoms with E-state index in [9.17, 15) is 0 Å². The SMILES string of the molecule is CC1CCCC(C)C1N=C(CCO[Si](C)(C)C)C1CCCC(C(CCO[Si](C)(C)C)=NC2C(C)CCCC2C)N1. The quantitative estimate of drug-likeness (QED) is 0.183. The summed E-state index contributed by atoms with van der Waals surface area (Å²) in [6.07, 6.45) is 13.4. The normalized spacial score (nSPS) is 35.1. The molecule has 0 spiro atoms. The second-order valence-electron chi connectivity index (χ2n) is 15.6. The molecule has 1 aliphatic heterocycles. The van der Waals surface area contributed by atoms with Crippen molar-refractivity contribution in [2.24, 2.45) is 33.7 Å². The third kappa shape index (κ3) is 11.1. The number of rotatable bonds is 12. The van der Waals surface area contributed by atoms with E-state index in [1.54, 1.807) is 0 Å². The van der Waals surface area contributed by atoms with Crippen LogP contribution in [-0.4, -0.2) is 65.4 Å². The highest BCUT2D eigenvalue weighted by Gasteiger charge is 2.34. The minimum absolute atomic E-state index is 0.328. The first-order chi connectivity index (χ1) is 18.7. The van der Waals surface area contributed by atoms with Crippen molar-refractivity contribution in [2.45, 2.75) is 162 Å². The molecule has 3 rings (SSSR count). The minimum Gasteiger partial charge on any atom is -0.417 e. The number of nitrogens with zero attached hydrogens (tertiary/aromatic N) is 2. The number of nitrogens with one attached hydrogen (secondary N) is 1. The Morgan fingerprint density at radius 1 is 0.575 bits per heavy atom. The van der Waals surface area contributed by atoms with Crippen LogP contribution in [0.25, 0.3) is 0 Å². The molecule has 0 aromatic carbocycles. The topological polar surface area (TPSA) is 55.2 Å². The summed E-state index contributed by atoms with van der Waals surface area (Å²) >= 11 is 0. The van der Waals surface area contributed by atoms with Crippen LogP contribution in [0.3, 0.4) is 0 Å². The van der Waals surface area contributed by atoms with Crippen LogP contribution in [0.2, 0.25) is 39.3 Å². The fourth-order valence-corrected chi connectivity index (χ4v) is 8.69. The van der Waals surface area contributed by atoms with Crippen molar-refractivity contribution in [3.05, 3.63) is 0 Å². The van der Waals surface area contributed by atoms with E-state index in [4.69, 9.17) is 18.8 Å². The lowest BCUT2D eigenvalue weighted by Crippen LogP contribution is -2.52. The maximum absolute atomic E-state index is 6.37. The van der Waals surface area contributed by atoms with E-state index >= 15 is 0 Å². The highest BCUT2D eigenvalue weighted by atomic mass is 28.4. The maximum Gasteiger partial charge on any atom is 0.183 e. The Balaban J connectivity index is 1.84. The molecular formula is C33H65N3O2Si2. The van der Waals surface area contributed by atoms with E-state index in [1.807, 2.05) is 0 Å². The Kier molecular flexibility index (Phi) is 13.1. The van der Waals surface area contributed by atoms with E-state index in [0.29, 0.717) is 47.8 Å². The van der Waals surface area contributed by atoms with Crippen molar-refractivity contribution in [1.82, 2.24) is 5.32 Å². The van der Waals surface area contributed by atoms with E-state index in [-0.39, 0.29) is 0 Å². The number of hydrogen-bond donors (Lipinski definition) is 1. The largest absolute Gasteiger partial charge is 0.417 e. The van der Waals surface area contributed by atoms with Crippen LogP contribution in [0.15, 0.2) is 9.98 Å². The van der Waals surface area contributed by atoms with Crippen molar-refractivity contribution in [2.75, 3.05) is 13.2 Å². The predicted octanol–water partition coefficient (Wildman–Crippen LogP) is 8.51. The smallest absolute Gasteiger partial charge is 0.183 e. The minimum atomic E-state index is -1.56. The van der Waals surface area contributed by atoms with Gasteiger partial charge in [0.05, 0.1) is 12.1 Å². The summed E-state index contributed by atoms with van der Waals surface area (Å²) in [5, 5.41) is 4.14. The molecule has 7 heteroatoms. The van der Waals surface area contributed by atoms with Crippen LogP contribution in [0, 0.1) is 23.7 Å². The van der Waals surface area contributed by atoms with E-state index in [0.717, 1.165) is 26.1 Å². The molecule has 0 aromatic heterocycles. The monoisotopic (exact) mass is 591 g/mol. The zero-order valence-corrected chi connectivity index (χ0v) is 30.0. The zero-order valence-electron chi connectivity index (χ0n) is 28.0. The second kappa shape index (κ2) is 15.4. The van der Waals surface area contributed by atoms with Gasteiger partial charge in [0.15, 0.2) is 16.6 Å². The molecule has 40 heavy (non-hydrogen) atoms. The highest BCUT2D eigenvalue weighted by molar-refractivity contribution is 6.70. The lowest BCUT2D eigenvalue weighted by atomic mass is 9.78. The van der Waals surface area contributed by atoms with Gasteiger partial charge in [0.2, 0.25) is 0 Å². The molecule has 0 amide bonds. The molecule has 0 bridgehead atoms. The molecule has 3 aliphatic rings. The summed E-state index contributed by atoms with van der Waals surface area (Å²) in [5.41, 5.74) is 2.73. The molecule has 3 fully saturated rings. The second-order valence-corrected chi connectivity index (χ2v) is 24.6. The predicted molar refractivity (Wildman–Crippen MR) is 179 cm³/mol. The molecule has 0 radical (unpaired) electrons. The fraction of sp³-hybridized carbons (Fsp3) is 0.939. The van der Waals surface area contributed by atoms with E-state index < -0.39 is 16.6 Å². The lowest BCUT2D eigenvalue weighted by Gasteiger charge is -2.38. The molecule has 6 atom stereocenters. The van der Waals surface area contributed by atoms with Gasteiger partial charge in [-0.2, -0.15) is 0 Å². The number of hydrogen-bond acceptors (Lipinski definition) is 5. The van der Waals surface area contributed by atoms with Crippen LogP contribution >= 0.6 is 0 Å². The van der Waals surface area contributed by atoms with Gasteiger partial charge < -0.3 is 14.2 Å². The van der Waals surface area contributed by atoms with Gasteiger partial charge in [-0.1, -0.05) is 40.5 Å². The van der Waals surface area contributed by atoms with Crippen molar-refractivity contribution in [1.29, 1.82) is 0 Å². The molecule has 5 nitrogen and oxygen atoms in total. The summed E-state index contributed by atoms with van der Waals surface area (Å²) in [7, 11) is -3.12. The molecule has 2 saturated carbocycles. The van der Waals surface area contributed by atoms with Gasteiger partial charge in [-0.15, -0.1) is 0 Å². The average Bonchev–Trinajstić information content (AvgIpc) is 2.85. The first kappa shape index (κ1) is 34.1. The lowest BCUT2D eigenvalue weighted by molar-refractivity contribution is 0.249. The Hall–Kier alpha value is -0.346. The number of piperidine rings is 1. The summed E-state index contributed by atoms with van der Waals surface area (Å²) in [6.45, 7) is 25.1. The molecule has 2 aliphatic carbocycles. The first-order valence-corrected chi connectivity index (χ1v) is 23.7. The Bertz CT molecular complexity index is 749. The van der Waals surface area contributed by atoms with Crippen molar-refractivity contribution >= 4 is 28.1 Å². The first-order valence-electron chi connectivity index (χ1n) is 16.9. The molecule has 232 valence electrons. The molecule has 1 saturated heterocycles.